The van der Waals surface area contributed by atoms with E-state index in [0.717, 1.165) is 57.8 Å². The fourth-order valence-electron chi connectivity index (χ4n) is 5.92. The summed E-state index contributed by atoms with van der Waals surface area (Å²) in [6.07, 6.45) is 12.1. The van der Waals surface area contributed by atoms with Crippen LogP contribution in [0, 0.1) is 11.8 Å². The standard InChI is InChI=1S/C30H39NO/c1-4-9-24(10-5-2)30(32)25-17-15-22(16-18-25)26-12-8-13-27(21-26)29-20-19-23-11-6-7-14-28(23)31(29)3/h6-8,11-14,20-22,24-25H,4-5,9-10,15-19H2,1-3H3. The van der Waals surface area contributed by atoms with E-state index in [1.165, 1.54) is 28.1 Å². The first-order valence-electron chi connectivity index (χ1n) is 12.8. The maximum absolute atomic E-state index is 13.1. The van der Waals surface area contributed by atoms with Crippen LogP contribution in [0.1, 0.15) is 87.8 Å². The molecule has 2 nitrogen and oxygen atoms in total. The molecule has 0 saturated heterocycles. The molecular weight excluding hydrogens is 390 g/mol. The van der Waals surface area contributed by atoms with Gasteiger partial charge in [-0.2, -0.15) is 0 Å². The Morgan fingerprint density at radius 3 is 2.41 bits per heavy atom. The topological polar surface area (TPSA) is 20.3 Å². The summed E-state index contributed by atoms with van der Waals surface area (Å²) < 4.78 is 0. The first kappa shape index (κ1) is 22.8. The van der Waals surface area contributed by atoms with Crippen LogP contribution in [0.5, 0.6) is 0 Å². The van der Waals surface area contributed by atoms with Crippen molar-refractivity contribution in [2.75, 3.05) is 11.9 Å². The molecular formula is C30H39NO. The van der Waals surface area contributed by atoms with Crippen LogP contribution in [-0.4, -0.2) is 12.8 Å². The van der Waals surface area contributed by atoms with Gasteiger partial charge < -0.3 is 4.90 Å². The fraction of sp³-hybridized carbons (Fsp3) is 0.500. The third kappa shape index (κ3) is 4.85. The van der Waals surface area contributed by atoms with Gasteiger partial charge in [-0.05, 0) is 79.7 Å². The summed E-state index contributed by atoms with van der Waals surface area (Å²) in [6.45, 7) is 4.41. The van der Waals surface area contributed by atoms with Crippen LogP contribution >= 0.6 is 0 Å². The molecule has 1 saturated carbocycles. The number of carbonyl (C=O) groups is 1. The molecule has 1 aliphatic carbocycles. The van der Waals surface area contributed by atoms with Gasteiger partial charge in [0.2, 0.25) is 0 Å². The van der Waals surface area contributed by atoms with E-state index in [4.69, 9.17) is 0 Å². The highest BCUT2D eigenvalue weighted by Gasteiger charge is 2.31. The van der Waals surface area contributed by atoms with Gasteiger partial charge in [0.15, 0.2) is 0 Å². The molecule has 0 amide bonds. The van der Waals surface area contributed by atoms with Crippen molar-refractivity contribution in [1.29, 1.82) is 0 Å². The molecule has 2 aliphatic rings. The average molecular weight is 430 g/mol. The van der Waals surface area contributed by atoms with Gasteiger partial charge in [-0.3, -0.25) is 4.79 Å². The Labute approximate surface area is 194 Å². The van der Waals surface area contributed by atoms with Crippen LogP contribution in [0.2, 0.25) is 0 Å². The van der Waals surface area contributed by atoms with Crippen molar-refractivity contribution in [2.45, 2.75) is 77.6 Å². The molecule has 0 atom stereocenters. The highest BCUT2D eigenvalue weighted by molar-refractivity contribution is 5.84. The van der Waals surface area contributed by atoms with Gasteiger partial charge in [-0.15, -0.1) is 0 Å². The Bertz CT molecular complexity index is 945. The molecule has 0 aromatic heterocycles. The number of hydrogen-bond acceptors (Lipinski definition) is 2. The van der Waals surface area contributed by atoms with Gasteiger partial charge in [0.05, 0.1) is 0 Å². The van der Waals surface area contributed by atoms with Crippen molar-refractivity contribution in [3.8, 4) is 0 Å². The number of benzene rings is 2. The van der Waals surface area contributed by atoms with Gasteiger partial charge in [0.1, 0.15) is 5.78 Å². The number of ketones is 1. The minimum absolute atomic E-state index is 0.293. The van der Waals surface area contributed by atoms with Gasteiger partial charge >= 0.3 is 0 Å². The number of nitrogens with zero attached hydrogens (tertiary/aromatic N) is 1. The summed E-state index contributed by atoms with van der Waals surface area (Å²) in [4.78, 5) is 15.4. The molecule has 0 N–H and O–H groups in total. The van der Waals surface area contributed by atoms with Crippen molar-refractivity contribution >= 4 is 17.2 Å². The second-order valence-corrected chi connectivity index (χ2v) is 9.83. The Hall–Kier alpha value is -2.35. The zero-order chi connectivity index (χ0) is 22.5. The van der Waals surface area contributed by atoms with E-state index in [0.29, 0.717) is 23.5 Å². The molecule has 170 valence electrons. The Balaban J connectivity index is 1.43. The van der Waals surface area contributed by atoms with E-state index in [1.54, 1.807) is 0 Å². The molecule has 1 heterocycles. The molecule has 0 bridgehead atoms. The van der Waals surface area contributed by atoms with Crippen LogP contribution in [0.25, 0.3) is 5.70 Å². The SMILES string of the molecule is CCCC(CCC)C(=O)C1CCC(c2cccc(C3=CCc4ccccc4N3C)c2)CC1. The maximum Gasteiger partial charge on any atom is 0.139 e. The first-order valence-corrected chi connectivity index (χ1v) is 12.8. The zero-order valence-corrected chi connectivity index (χ0v) is 20.1. The average Bonchev–Trinajstić information content (AvgIpc) is 2.84. The predicted molar refractivity (Wildman–Crippen MR) is 136 cm³/mol. The third-order valence-corrected chi connectivity index (χ3v) is 7.69. The lowest BCUT2D eigenvalue weighted by Gasteiger charge is -2.32. The highest BCUT2D eigenvalue weighted by atomic mass is 16.1. The van der Waals surface area contributed by atoms with Crippen molar-refractivity contribution in [3.63, 3.8) is 0 Å². The number of Topliss-reactive ketones (excluding diaryl/α,β-unsaturated/α-hetero) is 1. The van der Waals surface area contributed by atoms with E-state index < -0.39 is 0 Å². The van der Waals surface area contributed by atoms with Crippen LogP contribution in [0.15, 0.2) is 54.6 Å². The minimum Gasteiger partial charge on any atom is -0.344 e. The fourth-order valence-corrected chi connectivity index (χ4v) is 5.92. The molecule has 1 fully saturated rings. The molecule has 0 radical (unpaired) electrons. The normalized spacial score (nSPS) is 20.8. The quantitative estimate of drug-likeness (QED) is 0.427. The van der Waals surface area contributed by atoms with Crippen molar-refractivity contribution in [3.05, 3.63) is 71.3 Å². The van der Waals surface area contributed by atoms with Crippen molar-refractivity contribution in [2.24, 2.45) is 11.8 Å². The number of rotatable bonds is 8. The summed E-state index contributed by atoms with van der Waals surface area (Å²) in [6, 6.07) is 17.9. The zero-order valence-electron chi connectivity index (χ0n) is 20.1. The molecule has 32 heavy (non-hydrogen) atoms. The first-order chi connectivity index (χ1) is 15.6. The van der Waals surface area contributed by atoms with Crippen LogP contribution in [0.4, 0.5) is 5.69 Å². The summed E-state index contributed by atoms with van der Waals surface area (Å²) >= 11 is 0. The van der Waals surface area contributed by atoms with Gasteiger partial charge in [0.25, 0.3) is 0 Å². The number of carbonyl (C=O) groups excluding carboxylic acids is 1. The van der Waals surface area contributed by atoms with Crippen LogP contribution < -0.4 is 4.90 Å². The smallest absolute Gasteiger partial charge is 0.139 e. The number of hydrogen-bond donors (Lipinski definition) is 0. The maximum atomic E-state index is 13.1. The molecule has 0 spiro atoms. The van der Waals surface area contributed by atoms with Crippen LogP contribution in [-0.2, 0) is 11.2 Å². The third-order valence-electron chi connectivity index (χ3n) is 7.69. The van der Waals surface area contributed by atoms with E-state index in [1.807, 2.05) is 0 Å². The number of anilines is 1. The largest absolute Gasteiger partial charge is 0.344 e. The number of fused-ring (bicyclic) bond motifs is 1. The minimum atomic E-state index is 0.293. The summed E-state index contributed by atoms with van der Waals surface area (Å²) in [5.74, 6) is 1.73. The number of para-hydroxylation sites is 1. The molecule has 2 aromatic carbocycles. The summed E-state index contributed by atoms with van der Waals surface area (Å²) in [7, 11) is 2.18. The molecule has 2 heteroatoms. The molecule has 0 unspecified atom stereocenters. The Kier molecular flexibility index (Phi) is 7.50. The number of allylic oxidation sites excluding steroid dienone is 1. The second-order valence-electron chi connectivity index (χ2n) is 9.83. The molecule has 2 aromatic rings. The van der Waals surface area contributed by atoms with E-state index in [2.05, 4.69) is 80.4 Å². The lowest BCUT2D eigenvalue weighted by Crippen LogP contribution is -2.27. The predicted octanol–water partition coefficient (Wildman–Crippen LogP) is 7.78. The monoisotopic (exact) mass is 429 g/mol. The lowest BCUT2D eigenvalue weighted by molar-refractivity contribution is -0.128. The van der Waals surface area contributed by atoms with E-state index in [9.17, 15) is 4.79 Å². The molecule has 1 aliphatic heterocycles. The van der Waals surface area contributed by atoms with Gasteiger partial charge in [-0.1, -0.05) is 69.2 Å². The summed E-state index contributed by atoms with van der Waals surface area (Å²) in [5, 5.41) is 0. The Morgan fingerprint density at radius 1 is 0.969 bits per heavy atom. The lowest BCUT2D eigenvalue weighted by atomic mass is 9.73. The van der Waals surface area contributed by atoms with Crippen molar-refractivity contribution < 1.29 is 4.79 Å². The summed E-state index contributed by atoms with van der Waals surface area (Å²) in [5.41, 5.74) is 6.76. The van der Waals surface area contributed by atoms with Gasteiger partial charge in [0, 0.05) is 30.3 Å². The second kappa shape index (κ2) is 10.5. The van der Waals surface area contributed by atoms with E-state index in [-0.39, 0.29) is 0 Å². The van der Waals surface area contributed by atoms with Crippen molar-refractivity contribution in [1.82, 2.24) is 0 Å². The van der Waals surface area contributed by atoms with Crippen LogP contribution in [0.3, 0.4) is 0 Å². The Morgan fingerprint density at radius 2 is 1.69 bits per heavy atom. The molecule has 4 rings (SSSR count). The highest BCUT2D eigenvalue weighted by Crippen LogP contribution is 2.39. The van der Waals surface area contributed by atoms with Gasteiger partial charge in [-0.25, -0.2) is 0 Å². The van der Waals surface area contributed by atoms with E-state index >= 15 is 0 Å².